The van der Waals surface area contributed by atoms with Crippen molar-refractivity contribution in [2.24, 2.45) is 5.41 Å². The first-order valence-electron chi connectivity index (χ1n) is 9.27. The number of methoxy groups -OCH3 is 1. The fourth-order valence-electron chi connectivity index (χ4n) is 3.34. The second kappa shape index (κ2) is 7.91. The van der Waals surface area contributed by atoms with Crippen LogP contribution in [0.3, 0.4) is 0 Å². The van der Waals surface area contributed by atoms with Crippen molar-refractivity contribution >= 4 is 23.7 Å². The van der Waals surface area contributed by atoms with Gasteiger partial charge in [0.05, 0.1) is 13.7 Å². The van der Waals surface area contributed by atoms with E-state index in [4.69, 9.17) is 25.8 Å². The summed E-state index contributed by atoms with van der Waals surface area (Å²) >= 11 is 6.12. The largest absolute Gasteiger partial charge is 0.467 e. The van der Waals surface area contributed by atoms with E-state index in [0.717, 1.165) is 5.56 Å². The number of halogens is 1. The molecule has 0 bridgehead atoms. The molecule has 1 heterocycles. The summed E-state index contributed by atoms with van der Waals surface area (Å²) in [7, 11) is 1.31. The maximum absolute atomic E-state index is 13.2. The molecular formula is C21H30ClNO5. The van der Waals surface area contributed by atoms with Crippen LogP contribution in [0.4, 0.5) is 4.79 Å². The molecule has 1 aliphatic heterocycles. The Morgan fingerprint density at radius 3 is 2.39 bits per heavy atom. The molecule has 1 fully saturated rings. The monoisotopic (exact) mass is 411 g/mol. The van der Waals surface area contributed by atoms with E-state index >= 15 is 0 Å². The molecule has 28 heavy (non-hydrogen) atoms. The lowest BCUT2D eigenvalue weighted by molar-refractivity contribution is -0.154. The highest BCUT2D eigenvalue weighted by molar-refractivity contribution is 6.30. The highest BCUT2D eigenvalue weighted by Gasteiger charge is 2.59. The average Bonchev–Trinajstić information content (AvgIpc) is 2.93. The molecule has 1 aromatic rings. The number of hydrogen-bond acceptors (Lipinski definition) is 5. The van der Waals surface area contributed by atoms with Crippen LogP contribution in [-0.4, -0.2) is 48.0 Å². The predicted molar refractivity (Wildman–Crippen MR) is 107 cm³/mol. The lowest BCUT2D eigenvalue weighted by Crippen LogP contribution is -2.61. The molecule has 1 saturated heterocycles. The second-order valence-corrected chi connectivity index (χ2v) is 9.65. The molecule has 0 saturated carbocycles. The molecule has 7 heteroatoms. The fraction of sp³-hybridized carbons (Fsp3) is 0.619. The van der Waals surface area contributed by atoms with Crippen LogP contribution in [0.25, 0.3) is 0 Å². The first-order chi connectivity index (χ1) is 12.8. The van der Waals surface area contributed by atoms with Crippen LogP contribution < -0.4 is 0 Å². The average molecular weight is 412 g/mol. The summed E-state index contributed by atoms with van der Waals surface area (Å²) in [6.07, 6.45) is -1.07. The third-order valence-corrected chi connectivity index (χ3v) is 4.69. The summed E-state index contributed by atoms with van der Waals surface area (Å²) in [6.45, 7) is 11.2. The quantitative estimate of drug-likeness (QED) is 0.688. The molecule has 1 aromatic carbocycles. The minimum atomic E-state index is -1.35. The van der Waals surface area contributed by atoms with Gasteiger partial charge >= 0.3 is 12.1 Å². The van der Waals surface area contributed by atoms with Gasteiger partial charge < -0.3 is 14.2 Å². The van der Waals surface area contributed by atoms with Crippen molar-refractivity contribution in [1.29, 1.82) is 0 Å². The van der Waals surface area contributed by atoms with Gasteiger partial charge in [-0.15, -0.1) is 0 Å². The summed E-state index contributed by atoms with van der Waals surface area (Å²) in [4.78, 5) is 27.6. The van der Waals surface area contributed by atoms with Gasteiger partial charge in [-0.25, -0.2) is 9.59 Å². The number of nitrogens with zero attached hydrogens (tertiary/aromatic N) is 1. The third kappa shape index (κ3) is 4.78. The van der Waals surface area contributed by atoms with E-state index < -0.39 is 34.8 Å². The number of esters is 1. The predicted octanol–water partition coefficient (Wildman–Crippen LogP) is 4.43. The molecule has 2 rings (SSSR count). The van der Waals surface area contributed by atoms with Gasteiger partial charge in [-0.05, 0) is 38.5 Å². The van der Waals surface area contributed by atoms with Crippen LogP contribution in [0.15, 0.2) is 24.3 Å². The van der Waals surface area contributed by atoms with Crippen molar-refractivity contribution in [1.82, 2.24) is 4.90 Å². The molecule has 0 unspecified atom stereocenters. The van der Waals surface area contributed by atoms with Crippen molar-refractivity contribution in [3.63, 3.8) is 0 Å². The lowest BCUT2D eigenvalue weighted by atomic mass is 9.87. The van der Waals surface area contributed by atoms with Gasteiger partial charge in [0.15, 0.2) is 5.54 Å². The first-order valence-corrected chi connectivity index (χ1v) is 9.65. The van der Waals surface area contributed by atoms with Gasteiger partial charge in [-0.2, -0.15) is 0 Å². The Kier molecular flexibility index (Phi) is 6.36. The van der Waals surface area contributed by atoms with Crippen molar-refractivity contribution in [2.45, 2.75) is 65.3 Å². The summed E-state index contributed by atoms with van der Waals surface area (Å²) in [5.74, 6) is -0.551. The van der Waals surface area contributed by atoms with E-state index in [-0.39, 0.29) is 13.0 Å². The van der Waals surface area contributed by atoms with Crippen molar-refractivity contribution in [3.05, 3.63) is 34.9 Å². The minimum absolute atomic E-state index is 0.00731. The van der Waals surface area contributed by atoms with Crippen molar-refractivity contribution < 1.29 is 23.8 Å². The zero-order valence-corrected chi connectivity index (χ0v) is 18.4. The number of carbonyl (C=O) groups is 2. The van der Waals surface area contributed by atoms with E-state index in [1.807, 2.05) is 26.8 Å². The summed E-state index contributed by atoms with van der Waals surface area (Å²) in [5, 5.41) is 0.549. The topological polar surface area (TPSA) is 65.1 Å². The molecule has 0 aliphatic carbocycles. The Labute approximate surface area is 172 Å². The maximum Gasteiger partial charge on any atom is 0.413 e. The van der Waals surface area contributed by atoms with Crippen LogP contribution in [0.1, 0.15) is 47.1 Å². The Balaban J connectivity index is 2.56. The molecular weight excluding hydrogens is 382 g/mol. The normalized spacial score (nSPS) is 22.9. The highest BCUT2D eigenvalue weighted by atomic mass is 35.5. The van der Waals surface area contributed by atoms with E-state index in [9.17, 15) is 9.59 Å². The zero-order valence-electron chi connectivity index (χ0n) is 17.7. The molecule has 0 spiro atoms. The van der Waals surface area contributed by atoms with Crippen molar-refractivity contribution in [2.75, 3.05) is 13.7 Å². The zero-order chi connectivity index (χ0) is 21.3. The number of rotatable bonds is 3. The van der Waals surface area contributed by atoms with Gasteiger partial charge in [0.2, 0.25) is 0 Å². The first kappa shape index (κ1) is 22.5. The molecule has 2 atom stereocenters. The van der Waals surface area contributed by atoms with E-state index in [0.29, 0.717) is 5.02 Å². The Bertz CT molecular complexity index is 737. The van der Waals surface area contributed by atoms with Gasteiger partial charge in [-0.1, -0.05) is 44.5 Å². The molecule has 1 amide bonds. The lowest BCUT2D eigenvalue weighted by Gasteiger charge is -2.41. The number of ether oxygens (including phenoxy) is 3. The molecule has 156 valence electrons. The van der Waals surface area contributed by atoms with Gasteiger partial charge in [0.25, 0.3) is 0 Å². The molecule has 0 aromatic heterocycles. The standard InChI is InChI=1S/C21H30ClNO5/c1-19(2,3)16-23(18(25)28-20(4,5)6)21(13-27-16,17(24)26-7)12-14-9-8-10-15(22)11-14/h8-11,16H,12-13H2,1-7H3/t16-,21+/m0/s1. The van der Waals surface area contributed by atoms with Gasteiger partial charge in [-0.3, -0.25) is 4.90 Å². The van der Waals surface area contributed by atoms with Gasteiger partial charge in [0, 0.05) is 16.9 Å². The van der Waals surface area contributed by atoms with Crippen LogP contribution in [0.2, 0.25) is 5.02 Å². The summed E-state index contributed by atoms with van der Waals surface area (Å²) < 4.78 is 16.7. The van der Waals surface area contributed by atoms with Crippen molar-refractivity contribution in [3.8, 4) is 0 Å². The number of carbonyl (C=O) groups excluding carboxylic acids is 2. The maximum atomic E-state index is 13.2. The van der Waals surface area contributed by atoms with Crippen LogP contribution in [0.5, 0.6) is 0 Å². The third-order valence-electron chi connectivity index (χ3n) is 4.46. The van der Waals surface area contributed by atoms with E-state index in [1.54, 1.807) is 39.0 Å². The molecule has 6 nitrogen and oxygen atoms in total. The fourth-order valence-corrected chi connectivity index (χ4v) is 3.56. The van der Waals surface area contributed by atoms with Crippen LogP contribution in [-0.2, 0) is 25.4 Å². The number of amides is 1. The smallest absolute Gasteiger partial charge is 0.413 e. The number of benzene rings is 1. The number of hydrogen-bond donors (Lipinski definition) is 0. The minimum Gasteiger partial charge on any atom is -0.467 e. The summed E-state index contributed by atoms with van der Waals surface area (Å²) in [5.41, 5.74) is -1.72. The van der Waals surface area contributed by atoms with Crippen LogP contribution in [0, 0.1) is 5.41 Å². The second-order valence-electron chi connectivity index (χ2n) is 9.21. The highest BCUT2D eigenvalue weighted by Crippen LogP contribution is 2.40. The molecule has 1 aliphatic rings. The Morgan fingerprint density at radius 2 is 1.89 bits per heavy atom. The Morgan fingerprint density at radius 1 is 1.25 bits per heavy atom. The molecule has 0 N–H and O–H groups in total. The SMILES string of the molecule is COC(=O)[C@@]1(Cc2cccc(Cl)c2)CO[C@@H](C(C)(C)C)N1C(=O)OC(C)(C)C. The van der Waals surface area contributed by atoms with E-state index in [1.165, 1.54) is 12.0 Å². The Hall–Kier alpha value is -1.79. The van der Waals surface area contributed by atoms with Crippen LogP contribution >= 0.6 is 11.6 Å². The summed E-state index contributed by atoms with van der Waals surface area (Å²) in [6, 6.07) is 7.18. The van der Waals surface area contributed by atoms with Gasteiger partial charge in [0.1, 0.15) is 11.8 Å². The van der Waals surface area contributed by atoms with E-state index in [2.05, 4.69) is 0 Å². The molecule has 0 radical (unpaired) electrons.